The third-order valence-corrected chi connectivity index (χ3v) is 4.19. The summed E-state index contributed by atoms with van der Waals surface area (Å²) in [7, 11) is 0. The highest BCUT2D eigenvalue weighted by Gasteiger charge is 2.28. The van der Waals surface area contributed by atoms with Gasteiger partial charge in [0, 0.05) is 13.2 Å². The molecule has 0 aromatic rings. The number of nitrogens with one attached hydrogen (secondary N) is 1. The molecule has 3 N–H and O–H groups in total. The first-order valence-corrected chi connectivity index (χ1v) is 6.86. The highest BCUT2D eigenvalue weighted by molar-refractivity contribution is 5.78. The lowest BCUT2D eigenvalue weighted by atomic mass is 9.95. The molecule has 4 nitrogen and oxygen atoms in total. The molecular weight excluding hydrogens is 216 g/mol. The highest BCUT2D eigenvalue weighted by atomic mass is 16.5. The Morgan fingerprint density at radius 2 is 2.06 bits per heavy atom. The van der Waals surface area contributed by atoms with Gasteiger partial charge in [0.2, 0.25) is 5.91 Å². The molecule has 2 aliphatic rings. The summed E-state index contributed by atoms with van der Waals surface area (Å²) >= 11 is 0. The summed E-state index contributed by atoms with van der Waals surface area (Å²) < 4.78 is 5.34. The molecule has 0 bridgehead atoms. The monoisotopic (exact) mass is 240 g/mol. The maximum absolute atomic E-state index is 11.9. The molecule has 3 atom stereocenters. The second kappa shape index (κ2) is 6.36. The predicted molar refractivity (Wildman–Crippen MR) is 66.4 cm³/mol. The van der Waals surface area contributed by atoms with Crippen molar-refractivity contribution in [1.82, 2.24) is 5.32 Å². The molecule has 3 unspecified atom stereocenters. The van der Waals surface area contributed by atoms with E-state index in [0.717, 1.165) is 32.5 Å². The number of carbonyl (C=O) groups excluding carboxylic acids is 1. The zero-order valence-corrected chi connectivity index (χ0v) is 10.5. The van der Waals surface area contributed by atoms with Crippen molar-refractivity contribution in [2.75, 3.05) is 26.3 Å². The Morgan fingerprint density at radius 1 is 1.24 bits per heavy atom. The van der Waals surface area contributed by atoms with E-state index in [1.165, 1.54) is 19.3 Å². The average molecular weight is 240 g/mol. The van der Waals surface area contributed by atoms with Crippen molar-refractivity contribution >= 4 is 5.91 Å². The minimum atomic E-state index is 0.0708. The number of carbonyl (C=O) groups is 1. The van der Waals surface area contributed by atoms with Crippen molar-refractivity contribution in [2.45, 2.75) is 32.1 Å². The van der Waals surface area contributed by atoms with Gasteiger partial charge in [-0.15, -0.1) is 0 Å². The molecule has 1 aliphatic carbocycles. The van der Waals surface area contributed by atoms with Crippen molar-refractivity contribution in [3.05, 3.63) is 0 Å². The van der Waals surface area contributed by atoms with E-state index in [4.69, 9.17) is 10.5 Å². The van der Waals surface area contributed by atoms with Gasteiger partial charge in [0.05, 0.1) is 12.5 Å². The van der Waals surface area contributed by atoms with Crippen LogP contribution in [-0.4, -0.2) is 32.2 Å². The number of rotatable bonds is 4. The Hall–Kier alpha value is -0.610. The minimum Gasteiger partial charge on any atom is -0.381 e. The van der Waals surface area contributed by atoms with Gasteiger partial charge in [-0.3, -0.25) is 4.79 Å². The molecule has 1 heterocycles. The van der Waals surface area contributed by atoms with Gasteiger partial charge in [-0.2, -0.15) is 0 Å². The van der Waals surface area contributed by atoms with Crippen LogP contribution >= 0.6 is 0 Å². The Balaban J connectivity index is 1.71. The molecule has 1 amide bonds. The van der Waals surface area contributed by atoms with Crippen LogP contribution in [0.1, 0.15) is 32.1 Å². The average Bonchev–Trinajstić information content (AvgIpc) is 2.84. The first-order chi connectivity index (χ1) is 8.31. The Morgan fingerprint density at radius 3 is 2.76 bits per heavy atom. The maximum Gasteiger partial charge on any atom is 0.225 e. The summed E-state index contributed by atoms with van der Waals surface area (Å²) in [6.07, 6.45) is 5.67. The van der Waals surface area contributed by atoms with Crippen molar-refractivity contribution < 1.29 is 9.53 Å². The van der Waals surface area contributed by atoms with Crippen LogP contribution in [0.25, 0.3) is 0 Å². The lowest BCUT2D eigenvalue weighted by molar-refractivity contribution is -0.129. The van der Waals surface area contributed by atoms with E-state index in [1.54, 1.807) is 0 Å². The van der Waals surface area contributed by atoms with Gasteiger partial charge in [-0.25, -0.2) is 0 Å². The molecule has 1 aliphatic heterocycles. The van der Waals surface area contributed by atoms with E-state index in [1.807, 2.05) is 0 Å². The van der Waals surface area contributed by atoms with Crippen molar-refractivity contribution in [2.24, 2.45) is 23.5 Å². The molecule has 2 rings (SSSR count). The third kappa shape index (κ3) is 3.42. The first kappa shape index (κ1) is 12.8. The number of ether oxygens (including phenoxy) is 1. The summed E-state index contributed by atoms with van der Waals surface area (Å²) in [4.78, 5) is 11.9. The van der Waals surface area contributed by atoms with Crippen LogP contribution in [-0.2, 0) is 9.53 Å². The molecule has 98 valence electrons. The molecule has 0 aromatic carbocycles. The zero-order chi connectivity index (χ0) is 12.1. The Kier molecular flexibility index (Phi) is 4.80. The molecule has 2 fully saturated rings. The molecule has 4 heteroatoms. The molecule has 0 aromatic heterocycles. The lowest BCUT2D eigenvalue weighted by Crippen LogP contribution is -2.39. The summed E-state index contributed by atoms with van der Waals surface area (Å²) in [5.74, 6) is 1.44. The number of amides is 1. The van der Waals surface area contributed by atoms with Gasteiger partial charge in [0.1, 0.15) is 0 Å². The lowest BCUT2D eigenvalue weighted by Gasteiger charge is -2.23. The molecule has 0 spiro atoms. The van der Waals surface area contributed by atoms with Crippen molar-refractivity contribution in [1.29, 1.82) is 0 Å². The predicted octanol–water partition coefficient (Wildman–Crippen LogP) is 0.904. The largest absolute Gasteiger partial charge is 0.381 e. The zero-order valence-electron chi connectivity index (χ0n) is 10.5. The fourth-order valence-corrected chi connectivity index (χ4v) is 3.02. The Labute approximate surface area is 103 Å². The molecule has 1 saturated carbocycles. The van der Waals surface area contributed by atoms with Crippen LogP contribution in [0.4, 0.5) is 0 Å². The van der Waals surface area contributed by atoms with Gasteiger partial charge < -0.3 is 15.8 Å². The highest BCUT2D eigenvalue weighted by Crippen LogP contribution is 2.30. The summed E-state index contributed by atoms with van der Waals surface area (Å²) in [5, 5.41) is 3.08. The summed E-state index contributed by atoms with van der Waals surface area (Å²) in [6.45, 7) is 2.96. The van der Waals surface area contributed by atoms with Crippen LogP contribution in [0.2, 0.25) is 0 Å². The summed E-state index contributed by atoms with van der Waals surface area (Å²) in [5.41, 5.74) is 5.74. The summed E-state index contributed by atoms with van der Waals surface area (Å²) in [6, 6.07) is 0. The first-order valence-electron chi connectivity index (χ1n) is 6.86. The van der Waals surface area contributed by atoms with Gasteiger partial charge in [-0.1, -0.05) is 6.42 Å². The van der Waals surface area contributed by atoms with Gasteiger partial charge in [-0.05, 0) is 44.1 Å². The second-order valence-corrected chi connectivity index (χ2v) is 5.35. The molecular formula is C13H24N2O2. The van der Waals surface area contributed by atoms with Gasteiger partial charge >= 0.3 is 0 Å². The van der Waals surface area contributed by atoms with Crippen molar-refractivity contribution in [3.63, 3.8) is 0 Å². The quantitative estimate of drug-likeness (QED) is 0.767. The fraction of sp³-hybridized carbons (Fsp3) is 0.923. The number of nitrogens with two attached hydrogens (primary N) is 1. The third-order valence-electron chi connectivity index (χ3n) is 4.19. The second-order valence-electron chi connectivity index (χ2n) is 5.35. The smallest absolute Gasteiger partial charge is 0.225 e. The molecule has 1 saturated heterocycles. The minimum absolute atomic E-state index is 0.0708. The molecule has 17 heavy (non-hydrogen) atoms. The normalized spacial score (nSPS) is 33.6. The van der Waals surface area contributed by atoms with E-state index < -0.39 is 0 Å². The van der Waals surface area contributed by atoms with Crippen LogP contribution in [0.5, 0.6) is 0 Å². The fourth-order valence-electron chi connectivity index (χ4n) is 3.02. The standard InChI is InChI=1S/C13H24N2O2/c14-7-10-3-1-4-11(10)8-15-13(16)12-5-2-6-17-9-12/h10-12H,1-9,14H2,(H,15,16). The number of hydrogen-bond acceptors (Lipinski definition) is 3. The van der Waals surface area contributed by atoms with Crippen LogP contribution in [0, 0.1) is 17.8 Å². The topological polar surface area (TPSA) is 64.3 Å². The van der Waals surface area contributed by atoms with E-state index in [9.17, 15) is 4.79 Å². The van der Waals surface area contributed by atoms with E-state index in [-0.39, 0.29) is 11.8 Å². The van der Waals surface area contributed by atoms with E-state index in [0.29, 0.717) is 18.4 Å². The SMILES string of the molecule is NCC1CCCC1CNC(=O)C1CCCOC1. The van der Waals surface area contributed by atoms with Crippen molar-refractivity contribution in [3.8, 4) is 0 Å². The molecule has 0 radical (unpaired) electrons. The van der Waals surface area contributed by atoms with Gasteiger partial charge in [0.15, 0.2) is 0 Å². The van der Waals surface area contributed by atoms with Crippen LogP contribution in [0.3, 0.4) is 0 Å². The van der Waals surface area contributed by atoms with Crippen LogP contribution in [0.15, 0.2) is 0 Å². The van der Waals surface area contributed by atoms with Gasteiger partial charge in [0.25, 0.3) is 0 Å². The van der Waals surface area contributed by atoms with Crippen LogP contribution < -0.4 is 11.1 Å². The van der Waals surface area contributed by atoms with E-state index >= 15 is 0 Å². The number of hydrogen-bond donors (Lipinski definition) is 2. The maximum atomic E-state index is 11.9. The Bertz CT molecular complexity index is 252. The van der Waals surface area contributed by atoms with E-state index in [2.05, 4.69) is 5.32 Å².